The first-order valence-electron chi connectivity index (χ1n) is 26.6. The molecule has 0 bridgehead atoms. The van der Waals surface area contributed by atoms with Crippen molar-refractivity contribution in [3.05, 3.63) is 0 Å². The van der Waals surface area contributed by atoms with Crippen LogP contribution in [0.2, 0.25) is 0 Å². The maximum atomic E-state index is 12.8. The van der Waals surface area contributed by atoms with Crippen molar-refractivity contribution in [2.24, 2.45) is 0 Å². The molecule has 0 radical (unpaired) electrons. The molecule has 1 saturated heterocycles. The summed E-state index contributed by atoms with van der Waals surface area (Å²) in [6.45, 7) is 4.63. The van der Waals surface area contributed by atoms with Gasteiger partial charge in [-0.05, 0) is 12.8 Å². The second kappa shape index (κ2) is 44.4. The first-order chi connectivity index (χ1) is 29.9. The highest BCUT2D eigenvalue weighted by atomic mass is 16.7. The Morgan fingerprint density at radius 3 is 1.16 bits per heavy atom. The molecule has 61 heavy (non-hydrogen) atoms. The zero-order valence-electron chi connectivity index (χ0n) is 40.2. The Balaban J connectivity index is 2.12. The quantitative estimate of drug-likeness (QED) is 0.0348. The number of carbonyl (C=O) groups is 1. The monoisotopic (exact) mass is 871 g/mol. The highest BCUT2D eigenvalue weighted by Gasteiger charge is 2.44. The standard InChI is InChI=1S/C52H102O9/c1-3-5-7-9-11-13-15-17-18-19-20-21-22-23-24-25-26-27-28-29-31-33-35-37-39-41-48(54)60-46(45-59-52-51(57)50(56)49(55)47(43-53)61-52)44-58-42-40-38-36-34-32-30-16-14-12-10-8-6-4-2/h46-47,49-53,55-57H,3-45H2,1-2H3. The molecule has 1 rings (SSSR count). The van der Waals surface area contributed by atoms with Gasteiger partial charge in [0.25, 0.3) is 0 Å². The molecule has 6 atom stereocenters. The Hall–Kier alpha value is -0.810. The summed E-state index contributed by atoms with van der Waals surface area (Å²) in [7, 11) is 0. The number of aliphatic hydroxyl groups is 4. The number of aliphatic hydroxyl groups excluding tert-OH is 4. The zero-order valence-corrected chi connectivity index (χ0v) is 40.2. The van der Waals surface area contributed by atoms with Crippen molar-refractivity contribution in [1.29, 1.82) is 0 Å². The van der Waals surface area contributed by atoms with E-state index in [0.29, 0.717) is 13.0 Å². The Kier molecular flexibility index (Phi) is 42.4. The predicted octanol–water partition coefficient (Wildman–Crippen LogP) is 13.0. The van der Waals surface area contributed by atoms with Crippen LogP contribution in [0.5, 0.6) is 0 Å². The fourth-order valence-electron chi connectivity index (χ4n) is 8.61. The summed E-state index contributed by atoms with van der Waals surface area (Å²) < 4.78 is 22.9. The van der Waals surface area contributed by atoms with Gasteiger partial charge in [0.05, 0.1) is 19.8 Å². The summed E-state index contributed by atoms with van der Waals surface area (Å²) in [5.41, 5.74) is 0. The van der Waals surface area contributed by atoms with Crippen molar-refractivity contribution in [3.63, 3.8) is 0 Å². The first-order valence-corrected chi connectivity index (χ1v) is 26.6. The number of unbranched alkanes of at least 4 members (excludes halogenated alkanes) is 36. The van der Waals surface area contributed by atoms with E-state index in [1.165, 1.54) is 212 Å². The van der Waals surface area contributed by atoms with Gasteiger partial charge >= 0.3 is 5.97 Å². The molecule has 0 aromatic rings. The molecule has 0 aliphatic carbocycles. The lowest BCUT2D eigenvalue weighted by molar-refractivity contribution is -0.305. The molecule has 1 heterocycles. The molecule has 4 N–H and O–H groups in total. The fourth-order valence-corrected chi connectivity index (χ4v) is 8.61. The van der Waals surface area contributed by atoms with E-state index in [-0.39, 0.29) is 19.2 Å². The van der Waals surface area contributed by atoms with Crippen LogP contribution >= 0.6 is 0 Å². The van der Waals surface area contributed by atoms with Gasteiger partial charge in [-0.3, -0.25) is 4.79 Å². The van der Waals surface area contributed by atoms with Crippen LogP contribution < -0.4 is 0 Å². The molecular formula is C52H102O9. The SMILES string of the molecule is CCCCCCCCCCCCCCCCCCCCCCCCCCCC(=O)OC(COCCCCCCCCCCCCCCC)COC1OC(CO)C(O)C(O)C1O. The molecule has 364 valence electrons. The van der Waals surface area contributed by atoms with E-state index >= 15 is 0 Å². The minimum absolute atomic E-state index is 0.105. The maximum Gasteiger partial charge on any atom is 0.306 e. The van der Waals surface area contributed by atoms with E-state index in [1.54, 1.807) is 0 Å². The lowest BCUT2D eigenvalue weighted by Crippen LogP contribution is -2.59. The third-order valence-electron chi connectivity index (χ3n) is 12.8. The second-order valence-corrected chi connectivity index (χ2v) is 18.7. The van der Waals surface area contributed by atoms with Crippen molar-refractivity contribution in [1.82, 2.24) is 0 Å². The van der Waals surface area contributed by atoms with E-state index < -0.39 is 43.4 Å². The third kappa shape index (κ3) is 35.2. The van der Waals surface area contributed by atoms with Gasteiger partial charge in [0.1, 0.15) is 30.5 Å². The highest BCUT2D eigenvalue weighted by Crippen LogP contribution is 2.23. The zero-order chi connectivity index (χ0) is 44.3. The third-order valence-corrected chi connectivity index (χ3v) is 12.8. The molecule has 9 heteroatoms. The van der Waals surface area contributed by atoms with Gasteiger partial charge in [-0.15, -0.1) is 0 Å². The highest BCUT2D eigenvalue weighted by molar-refractivity contribution is 5.69. The molecular weight excluding hydrogens is 769 g/mol. The molecule has 1 aliphatic rings. The van der Waals surface area contributed by atoms with E-state index in [9.17, 15) is 25.2 Å². The van der Waals surface area contributed by atoms with Gasteiger partial charge in [-0.2, -0.15) is 0 Å². The predicted molar refractivity (Wildman–Crippen MR) is 252 cm³/mol. The number of ether oxygens (including phenoxy) is 4. The second-order valence-electron chi connectivity index (χ2n) is 18.7. The van der Waals surface area contributed by atoms with E-state index in [1.807, 2.05) is 0 Å². The lowest BCUT2D eigenvalue weighted by Gasteiger charge is -2.39. The summed E-state index contributed by atoms with van der Waals surface area (Å²) in [6.07, 6.45) is 42.9. The van der Waals surface area contributed by atoms with Gasteiger partial charge in [0.15, 0.2) is 6.29 Å². The number of hydrogen-bond donors (Lipinski definition) is 4. The summed E-state index contributed by atoms with van der Waals surface area (Å²) >= 11 is 0. The molecule has 0 aromatic carbocycles. The van der Waals surface area contributed by atoms with Crippen molar-refractivity contribution >= 4 is 5.97 Å². The average Bonchev–Trinajstić information content (AvgIpc) is 3.26. The molecule has 0 spiro atoms. The van der Waals surface area contributed by atoms with Crippen molar-refractivity contribution in [3.8, 4) is 0 Å². The first kappa shape index (κ1) is 58.2. The minimum Gasteiger partial charge on any atom is -0.457 e. The Bertz CT molecular complexity index is 904. The molecule has 0 saturated carbocycles. The normalized spacial score (nSPS) is 19.7. The van der Waals surface area contributed by atoms with Crippen LogP contribution in [0.15, 0.2) is 0 Å². The Morgan fingerprint density at radius 1 is 0.459 bits per heavy atom. The van der Waals surface area contributed by atoms with Crippen LogP contribution in [0.3, 0.4) is 0 Å². The molecule has 1 fully saturated rings. The number of hydrogen-bond acceptors (Lipinski definition) is 9. The smallest absolute Gasteiger partial charge is 0.306 e. The van der Waals surface area contributed by atoms with Crippen molar-refractivity contribution < 1.29 is 44.2 Å². The van der Waals surface area contributed by atoms with E-state index in [0.717, 1.165) is 32.1 Å². The van der Waals surface area contributed by atoms with Gasteiger partial charge in [0.2, 0.25) is 0 Å². The summed E-state index contributed by atoms with van der Waals surface area (Å²) in [6, 6.07) is 0. The minimum atomic E-state index is -1.53. The maximum absolute atomic E-state index is 12.8. The van der Waals surface area contributed by atoms with Gasteiger partial charge in [-0.1, -0.05) is 245 Å². The van der Waals surface area contributed by atoms with E-state index in [2.05, 4.69) is 13.8 Å². The number of rotatable bonds is 47. The summed E-state index contributed by atoms with van der Waals surface area (Å²) in [4.78, 5) is 12.8. The molecule has 0 aromatic heterocycles. The topological polar surface area (TPSA) is 135 Å². The van der Waals surface area contributed by atoms with Crippen molar-refractivity contribution in [2.75, 3.05) is 26.4 Å². The molecule has 6 unspecified atom stereocenters. The molecule has 1 aliphatic heterocycles. The van der Waals surface area contributed by atoms with E-state index in [4.69, 9.17) is 18.9 Å². The van der Waals surface area contributed by atoms with Gasteiger partial charge in [0, 0.05) is 13.0 Å². The number of esters is 1. The lowest BCUT2D eigenvalue weighted by atomic mass is 9.99. The molecule has 9 nitrogen and oxygen atoms in total. The average molecular weight is 871 g/mol. The Labute approximate surface area is 376 Å². The largest absolute Gasteiger partial charge is 0.457 e. The summed E-state index contributed by atoms with van der Waals surface area (Å²) in [5.74, 6) is -0.305. The van der Waals surface area contributed by atoms with Crippen LogP contribution in [-0.4, -0.2) is 89.6 Å². The molecule has 0 amide bonds. The van der Waals surface area contributed by atoms with Crippen LogP contribution in [0.1, 0.15) is 264 Å². The Morgan fingerprint density at radius 2 is 0.803 bits per heavy atom. The van der Waals surface area contributed by atoms with Crippen LogP contribution in [0, 0.1) is 0 Å². The van der Waals surface area contributed by atoms with Crippen LogP contribution in [0.4, 0.5) is 0 Å². The van der Waals surface area contributed by atoms with Gasteiger partial charge in [-0.25, -0.2) is 0 Å². The van der Waals surface area contributed by atoms with Crippen LogP contribution in [0.25, 0.3) is 0 Å². The van der Waals surface area contributed by atoms with Crippen molar-refractivity contribution in [2.45, 2.75) is 301 Å². The summed E-state index contributed by atoms with van der Waals surface area (Å²) in [5, 5.41) is 40.2. The van der Waals surface area contributed by atoms with Gasteiger partial charge < -0.3 is 39.4 Å². The fraction of sp³-hybridized carbons (Fsp3) is 0.981. The van der Waals surface area contributed by atoms with Crippen LogP contribution in [-0.2, 0) is 23.7 Å². The number of carbonyl (C=O) groups excluding carboxylic acids is 1.